The van der Waals surface area contributed by atoms with Crippen molar-refractivity contribution in [2.75, 3.05) is 13.2 Å². The van der Waals surface area contributed by atoms with Gasteiger partial charge in [0.05, 0.1) is 6.61 Å². The molecule has 1 heterocycles. The van der Waals surface area contributed by atoms with Gasteiger partial charge in [0.1, 0.15) is 18.8 Å². The molecule has 432 valence electrons. The minimum Gasteiger partial charge on any atom is -0.479 e. The topological polar surface area (TPSA) is 175 Å². The zero-order chi connectivity index (χ0) is 54.7. The average Bonchev–Trinajstić information content (AvgIpc) is 3.39. The second-order valence-corrected chi connectivity index (χ2v) is 20.6. The zero-order valence-corrected chi connectivity index (χ0v) is 47.5. The number of carboxylic acids is 1. The molecule has 12 nitrogen and oxygen atoms in total. The van der Waals surface area contributed by atoms with Crippen molar-refractivity contribution in [3.63, 3.8) is 0 Å². The molecule has 3 N–H and O–H groups in total. The summed E-state index contributed by atoms with van der Waals surface area (Å²) in [4.78, 5) is 51.0. The van der Waals surface area contributed by atoms with E-state index in [4.69, 9.17) is 23.7 Å². The first kappa shape index (κ1) is 69.4. The summed E-state index contributed by atoms with van der Waals surface area (Å²) in [5, 5.41) is 31.4. The van der Waals surface area contributed by atoms with E-state index in [0.717, 1.165) is 96.3 Å². The van der Waals surface area contributed by atoms with Crippen LogP contribution in [0.3, 0.4) is 0 Å². The molecule has 1 rings (SSSR count). The van der Waals surface area contributed by atoms with Crippen LogP contribution in [0.2, 0.25) is 0 Å². The van der Waals surface area contributed by atoms with Crippen LogP contribution in [0, 0.1) is 0 Å². The summed E-state index contributed by atoms with van der Waals surface area (Å²) in [6.07, 6.45) is 50.6. The highest BCUT2D eigenvalue weighted by atomic mass is 16.7. The highest BCUT2D eigenvalue weighted by molar-refractivity contribution is 5.74. The summed E-state index contributed by atoms with van der Waals surface area (Å²) in [5.74, 6) is -3.15. The minimum absolute atomic E-state index is 0.0587. The lowest BCUT2D eigenvalue weighted by molar-refractivity contribution is -0.301. The standard InChI is InChI=1S/C63H108O12/c1-4-7-10-13-16-19-21-23-25-27-28-30-31-33-35-38-40-43-46-49-55(64)71-52-54(73-56(65)50-47-44-42-39-36-34-32-29-26-24-22-20-17-14-11-8-5-2)53-72-63-61(59(68)58(67)60(75-63)62(69)70)74-57(66)51-48-45-41-37-18-15-12-9-6-3/h7,10,16,19,23,25,28,30,33,35,54,58-61,63,67-68H,4-6,8-9,11-15,17-18,20-22,24,26-27,29,31-32,34,36-53H2,1-3H3,(H,69,70)/b10-7-,19-16-,25-23-,30-28-,35-33-. The molecule has 0 bridgehead atoms. The van der Waals surface area contributed by atoms with Gasteiger partial charge in [0.25, 0.3) is 0 Å². The summed E-state index contributed by atoms with van der Waals surface area (Å²) >= 11 is 0. The molecule has 6 unspecified atom stereocenters. The molecule has 0 radical (unpaired) electrons. The van der Waals surface area contributed by atoms with Crippen LogP contribution in [0.4, 0.5) is 0 Å². The van der Waals surface area contributed by atoms with Crippen LogP contribution in [-0.4, -0.2) is 89.2 Å². The van der Waals surface area contributed by atoms with E-state index in [1.807, 2.05) is 0 Å². The van der Waals surface area contributed by atoms with Crippen LogP contribution in [0.25, 0.3) is 0 Å². The Bertz CT molecular complexity index is 1540. The number of ether oxygens (including phenoxy) is 5. The third-order valence-electron chi connectivity index (χ3n) is 13.6. The summed E-state index contributed by atoms with van der Waals surface area (Å²) in [6.45, 7) is 5.84. The van der Waals surface area contributed by atoms with Crippen LogP contribution in [0.5, 0.6) is 0 Å². The van der Waals surface area contributed by atoms with Crippen LogP contribution in [-0.2, 0) is 42.9 Å². The van der Waals surface area contributed by atoms with E-state index in [9.17, 15) is 34.5 Å². The Hall–Kier alpha value is -3.58. The monoisotopic (exact) mass is 1060 g/mol. The van der Waals surface area contributed by atoms with E-state index < -0.39 is 67.3 Å². The van der Waals surface area contributed by atoms with Gasteiger partial charge in [-0.15, -0.1) is 0 Å². The Kier molecular flexibility index (Phi) is 47.4. The fraction of sp³-hybridized carbons (Fsp3) is 0.778. The van der Waals surface area contributed by atoms with Crippen LogP contribution in [0.15, 0.2) is 60.8 Å². The second-order valence-electron chi connectivity index (χ2n) is 20.6. The SMILES string of the molecule is CC/C=C\C/C=C\C/C=C\C/C=C\C/C=C\CCCCCC(=O)OCC(COC1OC(C(=O)O)C(O)C(O)C1OC(=O)CCCCCCCCCCC)OC(=O)CCCCCCCCCCCCCCCCCCC. The van der Waals surface area contributed by atoms with Crippen molar-refractivity contribution in [1.29, 1.82) is 0 Å². The maximum absolute atomic E-state index is 13.2. The lowest BCUT2D eigenvalue weighted by Crippen LogP contribution is -2.61. The predicted molar refractivity (Wildman–Crippen MR) is 303 cm³/mol. The zero-order valence-electron chi connectivity index (χ0n) is 47.5. The fourth-order valence-corrected chi connectivity index (χ4v) is 8.98. The molecule has 0 amide bonds. The highest BCUT2D eigenvalue weighted by Crippen LogP contribution is 2.26. The van der Waals surface area contributed by atoms with Crippen LogP contribution >= 0.6 is 0 Å². The number of esters is 3. The molecule has 0 aromatic rings. The Morgan fingerprint density at radius 1 is 0.453 bits per heavy atom. The number of aliphatic hydroxyl groups excluding tert-OH is 2. The second kappa shape index (κ2) is 51.2. The van der Waals surface area contributed by atoms with Gasteiger partial charge in [0.2, 0.25) is 0 Å². The summed E-state index contributed by atoms with van der Waals surface area (Å²) < 4.78 is 28.4. The van der Waals surface area contributed by atoms with Gasteiger partial charge in [0.15, 0.2) is 24.6 Å². The third kappa shape index (κ3) is 41.2. The Labute approximate surface area is 456 Å². The quantitative estimate of drug-likeness (QED) is 0.0228. The number of hydrogen-bond acceptors (Lipinski definition) is 11. The number of hydrogen-bond donors (Lipinski definition) is 3. The van der Waals surface area contributed by atoms with Gasteiger partial charge in [-0.2, -0.15) is 0 Å². The molecule has 1 fully saturated rings. The normalized spacial score (nSPS) is 18.5. The molecule has 1 aliphatic rings. The first-order valence-electron chi connectivity index (χ1n) is 30.3. The minimum atomic E-state index is -1.90. The van der Waals surface area contributed by atoms with Crippen molar-refractivity contribution in [2.45, 2.75) is 302 Å². The van der Waals surface area contributed by atoms with Gasteiger partial charge in [-0.25, -0.2) is 4.79 Å². The van der Waals surface area contributed by atoms with Gasteiger partial charge < -0.3 is 39.0 Å². The third-order valence-corrected chi connectivity index (χ3v) is 13.6. The van der Waals surface area contributed by atoms with Gasteiger partial charge in [0, 0.05) is 19.3 Å². The molecule has 0 spiro atoms. The van der Waals surface area contributed by atoms with Gasteiger partial charge >= 0.3 is 23.9 Å². The van der Waals surface area contributed by atoms with Gasteiger partial charge in [-0.3, -0.25) is 14.4 Å². The van der Waals surface area contributed by atoms with Gasteiger partial charge in [-0.1, -0.05) is 242 Å². The Morgan fingerprint density at radius 2 is 0.840 bits per heavy atom. The van der Waals surface area contributed by atoms with Crippen LogP contribution in [0.1, 0.15) is 265 Å². The number of carboxylic acid groups (broad SMARTS) is 1. The van der Waals surface area contributed by atoms with Crippen molar-refractivity contribution in [3.05, 3.63) is 60.8 Å². The van der Waals surface area contributed by atoms with E-state index in [1.54, 1.807) is 0 Å². The van der Waals surface area contributed by atoms with E-state index in [-0.39, 0.29) is 25.9 Å². The molecule has 1 saturated heterocycles. The average molecular weight is 1060 g/mol. The molecule has 0 aromatic heterocycles. The molecule has 75 heavy (non-hydrogen) atoms. The smallest absolute Gasteiger partial charge is 0.335 e. The van der Waals surface area contributed by atoms with Gasteiger partial charge in [-0.05, 0) is 64.2 Å². The largest absolute Gasteiger partial charge is 0.479 e. The number of carbonyl (C=O) groups is 4. The molecule has 0 saturated carbocycles. The van der Waals surface area contributed by atoms with E-state index in [2.05, 4.69) is 81.5 Å². The number of aliphatic carboxylic acids is 1. The van der Waals surface area contributed by atoms with Crippen molar-refractivity contribution in [1.82, 2.24) is 0 Å². The van der Waals surface area contributed by atoms with Crippen molar-refractivity contribution >= 4 is 23.9 Å². The molecule has 0 aliphatic carbocycles. The number of carbonyl (C=O) groups excluding carboxylic acids is 3. The number of aliphatic hydroxyl groups is 2. The first-order valence-corrected chi connectivity index (χ1v) is 30.3. The lowest BCUT2D eigenvalue weighted by Gasteiger charge is -2.40. The maximum Gasteiger partial charge on any atom is 0.335 e. The predicted octanol–water partition coefficient (Wildman–Crippen LogP) is 15.6. The first-order chi connectivity index (χ1) is 36.6. The fourth-order valence-electron chi connectivity index (χ4n) is 8.98. The Balaban J connectivity index is 2.67. The van der Waals surface area contributed by atoms with Crippen molar-refractivity contribution in [3.8, 4) is 0 Å². The van der Waals surface area contributed by atoms with Crippen molar-refractivity contribution < 1.29 is 58.2 Å². The molecular weight excluding hydrogens is 949 g/mol. The number of rotatable bonds is 51. The molecule has 12 heteroatoms. The van der Waals surface area contributed by atoms with Crippen molar-refractivity contribution in [2.24, 2.45) is 0 Å². The maximum atomic E-state index is 13.2. The summed E-state index contributed by atoms with van der Waals surface area (Å²) in [5.41, 5.74) is 0. The number of unbranched alkanes of at least 4 members (excludes halogenated alkanes) is 27. The number of allylic oxidation sites excluding steroid dienone is 10. The molecule has 0 aromatic carbocycles. The molecule has 1 aliphatic heterocycles. The lowest BCUT2D eigenvalue weighted by atomic mass is 9.98. The Morgan fingerprint density at radius 3 is 1.28 bits per heavy atom. The molecular formula is C63H108O12. The summed E-state index contributed by atoms with van der Waals surface area (Å²) in [6, 6.07) is 0. The highest BCUT2D eigenvalue weighted by Gasteiger charge is 2.50. The van der Waals surface area contributed by atoms with E-state index >= 15 is 0 Å². The van der Waals surface area contributed by atoms with Crippen LogP contribution < -0.4 is 0 Å². The molecule has 6 atom stereocenters. The van der Waals surface area contributed by atoms with E-state index in [0.29, 0.717) is 19.3 Å². The summed E-state index contributed by atoms with van der Waals surface area (Å²) in [7, 11) is 0. The van der Waals surface area contributed by atoms with E-state index in [1.165, 1.54) is 109 Å².